The van der Waals surface area contributed by atoms with Crippen molar-refractivity contribution < 1.29 is 33.4 Å². The van der Waals surface area contributed by atoms with E-state index in [-0.39, 0.29) is 42.9 Å². The Bertz CT molecular complexity index is 2320. The predicted octanol–water partition coefficient (Wildman–Crippen LogP) is 6.62. The Hall–Kier alpha value is -6.97. The van der Waals surface area contributed by atoms with Crippen molar-refractivity contribution in [1.29, 1.82) is 0 Å². The number of H-pyrrole nitrogens is 2. The van der Waals surface area contributed by atoms with E-state index in [0.717, 1.165) is 46.5 Å². The first-order chi connectivity index (χ1) is 29.8. The number of amides is 5. The molecule has 1 aliphatic rings. The number of imidazole rings is 2. The quantitative estimate of drug-likeness (QED) is 0.0839. The number of rotatable bonds is 15. The molecule has 0 radical (unpaired) electrons. The number of methoxy groups -OCH3 is 2. The van der Waals surface area contributed by atoms with Gasteiger partial charge in [-0.05, 0) is 59.1 Å². The summed E-state index contributed by atoms with van der Waals surface area (Å²) >= 11 is 0. The van der Waals surface area contributed by atoms with E-state index in [1.54, 1.807) is 48.6 Å². The molecule has 0 aliphatic carbocycles. The summed E-state index contributed by atoms with van der Waals surface area (Å²) in [6.07, 6.45) is 3.71. The van der Waals surface area contributed by atoms with Crippen LogP contribution in [-0.2, 0) is 25.6 Å². The van der Waals surface area contributed by atoms with Gasteiger partial charge in [-0.25, -0.2) is 19.6 Å². The van der Waals surface area contributed by atoms with Crippen LogP contribution in [-0.4, -0.2) is 111 Å². The van der Waals surface area contributed by atoms with Crippen LogP contribution in [0.25, 0.3) is 33.6 Å². The lowest BCUT2D eigenvalue weighted by Crippen LogP contribution is -2.53. The number of carbonyl (C=O) groups excluding carboxylic acids is 5. The number of aromatic amines is 2. The number of carbonyl (C=O) groups is 5. The lowest BCUT2D eigenvalue weighted by molar-refractivity contribution is -0.137. The predicted molar refractivity (Wildman–Crippen MR) is 233 cm³/mol. The van der Waals surface area contributed by atoms with E-state index in [0.29, 0.717) is 23.8 Å². The number of alkyl carbamates (subject to hydrolysis) is 2. The summed E-state index contributed by atoms with van der Waals surface area (Å²) in [6.45, 7) is 7.99. The molecule has 0 spiro atoms. The van der Waals surface area contributed by atoms with Crippen molar-refractivity contribution in [3.8, 4) is 33.6 Å². The molecule has 1 fully saturated rings. The van der Waals surface area contributed by atoms with Crippen LogP contribution in [0, 0.1) is 11.8 Å². The van der Waals surface area contributed by atoms with E-state index >= 15 is 0 Å². The Morgan fingerprint density at radius 1 is 0.742 bits per heavy atom. The summed E-state index contributed by atoms with van der Waals surface area (Å²) in [5, 5.41) is 5.33. The van der Waals surface area contributed by atoms with Gasteiger partial charge in [-0.2, -0.15) is 0 Å². The highest BCUT2D eigenvalue weighted by Gasteiger charge is 2.37. The summed E-state index contributed by atoms with van der Waals surface area (Å²) in [6, 6.07) is 23.1. The second-order valence-electron chi connectivity index (χ2n) is 16.0. The fourth-order valence-corrected chi connectivity index (χ4v) is 7.52. The molecule has 1 saturated heterocycles. The van der Waals surface area contributed by atoms with E-state index in [1.165, 1.54) is 24.0 Å². The van der Waals surface area contributed by atoms with Gasteiger partial charge in [-0.15, -0.1) is 0 Å². The van der Waals surface area contributed by atoms with Crippen LogP contribution in [0.15, 0.2) is 91.3 Å². The minimum absolute atomic E-state index is 0.0454. The first-order valence-corrected chi connectivity index (χ1v) is 20.7. The normalized spacial score (nSPS) is 14.6. The van der Waals surface area contributed by atoms with Gasteiger partial charge in [-0.1, -0.05) is 94.4 Å². The van der Waals surface area contributed by atoms with Gasteiger partial charge in [-0.3, -0.25) is 14.4 Å². The fourth-order valence-electron chi connectivity index (χ4n) is 7.52. The van der Waals surface area contributed by atoms with Gasteiger partial charge < -0.3 is 44.8 Å². The van der Waals surface area contributed by atoms with Crippen LogP contribution in [0.2, 0.25) is 0 Å². The third kappa shape index (κ3) is 10.5. The van der Waals surface area contributed by atoms with E-state index in [1.807, 2.05) is 82.3 Å². The standard InChI is InChI=1S/C46H55N9O7/c1-28(2)39(51-45(59)61-6)43(57)54(27-53(5)42(56)34-12-9-8-10-13-34)26-38-47-24-35(49-38)32-19-15-30(16-20-32)31-17-21-33(22-18-31)36-25-48-41(50-36)37-14-11-23-55(37)44(58)40(29(3)4)52-46(60)62-7/h8-10,12-13,15-22,24-25,28-29,37,39-40H,11,14,23,26-27H2,1-7H3,(H,47,49)(H,48,50)(H,51,59)(H,52,60)/t37-,39?,40-/m0/s1. The van der Waals surface area contributed by atoms with E-state index < -0.39 is 30.2 Å². The highest BCUT2D eigenvalue weighted by Crippen LogP contribution is 2.33. The third-order valence-corrected chi connectivity index (χ3v) is 11.0. The SMILES string of the molecule is COC(=O)NC(C(=O)N(Cc1ncc(-c2ccc(-c3ccc(-c4cnc([C@@H]5CCCN5C(=O)[C@@H](NC(=O)OC)C(C)C)[nH]4)cc3)cc2)[nH]1)CN(C)C(=O)c1ccccc1)C(C)C. The number of hydrogen-bond donors (Lipinski definition) is 4. The van der Waals surface area contributed by atoms with E-state index in [4.69, 9.17) is 9.47 Å². The molecule has 326 valence electrons. The number of aromatic nitrogens is 4. The molecule has 0 saturated carbocycles. The summed E-state index contributed by atoms with van der Waals surface area (Å²) < 4.78 is 9.54. The first-order valence-electron chi connectivity index (χ1n) is 20.7. The zero-order valence-corrected chi connectivity index (χ0v) is 36.2. The van der Waals surface area contributed by atoms with Crippen LogP contribution >= 0.6 is 0 Å². The highest BCUT2D eigenvalue weighted by molar-refractivity contribution is 5.94. The van der Waals surface area contributed by atoms with Crippen LogP contribution < -0.4 is 10.6 Å². The lowest BCUT2D eigenvalue weighted by Gasteiger charge is -2.32. The summed E-state index contributed by atoms with van der Waals surface area (Å²) in [5.41, 5.74) is 5.91. The molecule has 16 nitrogen and oxygen atoms in total. The van der Waals surface area contributed by atoms with Gasteiger partial charge in [0.15, 0.2) is 0 Å². The summed E-state index contributed by atoms with van der Waals surface area (Å²) in [7, 11) is 4.14. The Labute approximate surface area is 361 Å². The average molecular weight is 846 g/mol. The molecular formula is C46H55N9O7. The maximum absolute atomic E-state index is 14.0. The molecule has 16 heteroatoms. The van der Waals surface area contributed by atoms with Crippen molar-refractivity contribution in [3.63, 3.8) is 0 Å². The molecule has 0 bridgehead atoms. The monoisotopic (exact) mass is 845 g/mol. The molecule has 6 rings (SSSR count). The molecule has 1 unspecified atom stereocenters. The minimum atomic E-state index is -0.905. The van der Waals surface area contributed by atoms with Crippen molar-refractivity contribution in [2.45, 2.75) is 65.2 Å². The second-order valence-corrected chi connectivity index (χ2v) is 16.0. The zero-order chi connectivity index (χ0) is 44.5. The smallest absolute Gasteiger partial charge is 0.407 e. The largest absolute Gasteiger partial charge is 0.453 e. The number of hydrogen-bond acceptors (Lipinski definition) is 9. The zero-order valence-electron chi connectivity index (χ0n) is 36.2. The third-order valence-electron chi connectivity index (χ3n) is 11.0. The van der Waals surface area contributed by atoms with Crippen molar-refractivity contribution >= 4 is 29.9 Å². The molecule has 5 aromatic rings. The van der Waals surface area contributed by atoms with Crippen LogP contribution in [0.1, 0.15) is 68.6 Å². The number of nitrogens with zero attached hydrogens (tertiary/aromatic N) is 5. The topological polar surface area (TPSA) is 195 Å². The van der Waals surface area contributed by atoms with Crippen molar-refractivity contribution in [3.05, 3.63) is 108 Å². The second kappa shape index (κ2) is 20.1. The summed E-state index contributed by atoms with van der Waals surface area (Å²) in [4.78, 5) is 85.7. The molecule has 5 amide bonds. The van der Waals surface area contributed by atoms with E-state index in [2.05, 4.69) is 30.6 Å². The van der Waals surface area contributed by atoms with Gasteiger partial charge in [0.2, 0.25) is 11.8 Å². The van der Waals surface area contributed by atoms with Gasteiger partial charge in [0.05, 0.1) is 57.3 Å². The minimum Gasteiger partial charge on any atom is -0.453 e. The maximum Gasteiger partial charge on any atom is 0.407 e. The lowest BCUT2D eigenvalue weighted by atomic mass is 10.0. The van der Waals surface area contributed by atoms with E-state index in [9.17, 15) is 24.0 Å². The maximum atomic E-state index is 14.0. The number of likely N-dealkylation sites (tertiary alicyclic amines) is 1. The molecule has 3 atom stereocenters. The number of benzene rings is 3. The number of ether oxygens (including phenoxy) is 2. The van der Waals surface area contributed by atoms with Crippen molar-refractivity contribution in [2.24, 2.45) is 11.8 Å². The first kappa shape index (κ1) is 44.6. The molecular weight excluding hydrogens is 791 g/mol. The van der Waals surface area contributed by atoms with Crippen LogP contribution in [0.3, 0.4) is 0 Å². The van der Waals surface area contributed by atoms with Gasteiger partial charge >= 0.3 is 12.2 Å². The van der Waals surface area contributed by atoms with Crippen molar-refractivity contribution in [2.75, 3.05) is 34.5 Å². The van der Waals surface area contributed by atoms with Gasteiger partial charge in [0.1, 0.15) is 23.7 Å². The molecule has 62 heavy (non-hydrogen) atoms. The molecule has 4 N–H and O–H groups in total. The average Bonchev–Trinajstić information content (AvgIpc) is 4.09. The molecule has 2 aromatic heterocycles. The molecule has 3 heterocycles. The van der Waals surface area contributed by atoms with Gasteiger partial charge in [0.25, 0.3) is 5.91 Å². The van der Waals surface area contributed by atoms with Gasteiger partial charge in [0, 0.05) is 19.2 Å². The Kier molecular flexibility index (Phi) is 14.4. The highest BCUT2D eigenvalue weighted by atomic mass is 16.5. The fraction of sp³-hybridized carbons (Fsp3) is 0.370. The number of nitrogens with one attached hydrogen (secondary N) is 4. The van der Waals surface area contributed by atoms with Crippen LogP contribution in [0.5, 0.6) is 0 Å². The van der Waals surface area contributed by atoms with Crippen LogP contribution in [0.4, 0.5) is 9.59 Å². The Morgan fingerprint density at radius 3 is 1.84 bits per heavy atom. The van der Waals surface area contributed by atoms with Crippen molar-refractivity contribution in [1.82, 2.24) is 45.3 Å². The molecule has 3 aromatic carbocycles. The Balaban J connectivity index is 1.13. The Morgan fingerprint density at radius 2 is 1.27 bits per heavy atom. The molecule has 1 aliphatic heterocycles. The summed E-state index contributed by atoms with van der Waals surface area (Å²) in [5.74, 6) is 0.00322.